The van der Waals surface area contributed by atoms with Gasteiger partial charge in [0.15, 0.2) is 6.29 Å². The molecule has 1 aliphatic rings. The van der Waals surface area contributed by atoms with Gasteiger partial charge in [-0.25, -0.2) is 4.21 Å². The molecule has 2 atom stereocenters. The third kappa shape index (κ3) is 3.21. The summed E-state index contributed by atoms with van der Waals surface area (Å²) in [7, 11) is -1.12. The molecule has 18 heavy (non-hydrogen) atoms. The van der Waals surface area contributed by atoms with Crippen LogP contribution in [0.15, 0.2) is 40.3 Å². The van der Waals surface area contributed by atoms with Gasteiger partial charge in [-0.3, -0.25) is 0 Å². The van der Waals surface area contributed by atoms with Crippen molar-refractivity contribution in [1.82, 2.24) is 0 Å². The maximum absolute atomic E-state index is 12.3. The van der Waals surface area contributed by atoms with Crippen molar-refractivity contribution in [3.8, 4) is 0 Å². The van der Waals surface area contributed by atoms with Crippen LogP contribution >= 0.6 is 0 Å². The second-order valence-corrected chi connectivity index (χ2v) is 5.76. The molecule has 0 amide bonds. The summed E-state index contributed by atoms with van der Waals surface area (Å²) < 4.78 is 23.1. The molecule has 0 saturated carbocycles. The molecule has 1 aromatic carbocycles. The Balaban J connectivity index is 2.04. The smallest absolute Gasteiger partial charge is 0.199 e. The van der Waals surface area contributed by atoms with Gasteiger partial charge in [-0.1, -0.05) is 17.7 Å². The number of aryl methyl sites for hydroxylation is 1. The van der Waals surface area contributed by atoms with Crippen LogP contribution < -0.4 is 0 Å². The molecule has 0 bridgehead atoms. The maximum atomic E-state index is 12.3. The molecular weight excluding hydrogens is 248 g/mol. The molecule has 0 radical (unpaired) electrons. The van der Waals surface area contributed by atoms with Crippen LogP contribution in [-0.2, 0) is 20.3 Å². The minimum Gasteiger partial charge on any atom is -0.472 e. The summed E-state index contributed by atoms with van der Waals surface area (Å²) in [5.41, 5.74) is 1.17. The zero-order valence-corrected chi connectivity index (χ0v) is 11.5. The van der Waals surface area contributed by atoms with E-state index in [1.807, 2.05) is 38.1 Å². The van der Waals surface area contributed by atoms with E-state index in [2.05, 4.69) is 0 Å². The Labute approximate surface area is 110 Å². The molecule has 1 aromatic rings. The van der Waals surface area contributed by atoms with Crippen molar-refractivity contribution >= 4 is 10.8 Å². The first kappa shape index (κ1) is 13.3. The van der Waals surface area contributed by atoms with Gasteiger partial charge in [-0.05, 0) is 32.4 Å². The minimum atomic E-state index is -1.12. The average Bonchev–Trinajstić information content (AvgIpc) is 2.40. The fraction of sp³-hybridized carbons (Fsp3) is 0.429. The van der Waals surface area contributed by atoms with Crippen LogP contribution in [0.25, 0.3) is 0 Å². The molecule has 0 aliphatic carbocycles. The molecule has 3 nitrogen and oxygen atoms in total. The Hall–Kier alpha value is -1.13. The molecule has 4 heteroatoms. The van der Waals surface area contributed by atoms with Gasteiger partial charge in [-0.15, -0.1) is 0 Å². The summed E-state index contributed by atoms with van der Waals surface area (Å²) in [6, 6.07) is 7.75. The highest BCUT2D eigenvalue weighted by Crippen LogP contribution is 2.25. The number of allylic oxidation sites excluding steroid dienone is 1. The van der Waals surface area contributed by atoms with E-state index in [0.29, 0.717) is 6.61 Å². The van der Waals surface area contributed by atoms with Crippen LogP contribution in [0.1, 0.15) is 25.3 Å². The van der Waals surface area contributed by atoms with Gasteiger partial charge in [0.05, 0.1) is 22.0 Å². The lowest BCUT2D eigenvalue weighted by molar-refractivity contribution is -0.111. The normalized spacial score (nSPS) is 21.0. The largest absolute Gasteiger partial charge is 0.472 e. The van der Waals surface area contributed by atoms with Gasteiger partial charge in [0.25, 0.3) is 0 Å². The Morgan fingerprint density at radius 1 is 1.39 bits per heavy atom. The third-order valence-corrected chi connectivity index (χ3v) is 4.28. The Bertz CT molecular complexity index is 451. The van der Waals surface area contributed by atoms with Crippen molar-refractivity contribution in [2.75, 3.05) is 6.61 Å². The molecule has 1 unspecified atom stereocenters. The van der Waals surface area contributed by atoms with Gasteiger partial charge in [-0.2, -0.15) is 0 Å². The second-order valence-electron chi connectivity index (χ2n) is 4.23. The van der Waals surface area contributed by atoms with Crippen LogP contribution in [0, 0.1) is 6.92 Å². The van der Waals surface area contributed by atoms with Crippen LogP contribution in [-0.4, -0.2) is 17.1 Å². The summed E-state index contributed by atoms with van der Waals surface area (Å²) in [6.07, 6.45) is 2.93. The standard InChI is InChI=1S/C14H18O3S/c1-3-16-14-9-8-13(10-17-14)18(15)12-6-4-11(2)5-7-12/h4-7,10,14H,3,8-9H2,1-2H3/t14-,18?/m0/s1. The highest BCUT2D eigenvalue weighted by molar-refractivity contribution is 7.89. The molecule has 0 saturated heterocycles. The van der Waals surface area contributed by atoms with Gasteiger partial charge in [0, 0.05) is 17.9 Å². The predicted octanol–water partition coefficient (Wildman–Crippen LogP) is 3.12. The van der Waals surface area contributed by atoms with Crippen molar-refractivity contribution in [3.05, 3.63) is 41.0 Å². The molecule has 98 valence electrons. The van der Waals surface area contributed by atoms with Gasteiger partial charge in [0.2, 0.25) is 0 Å². The monoisotopic (exact) mass is 266 g/mol. The van der Waals surface area contributed by atoms with E-state index in [1.54, 1.807) is 6.26 Å². The lowest BCUT2D eigenvalue weighted by Crippen LogP contribution is -2.19. The second kappa shape index (κ2) is 6.16. The van der Waals surface area contributed by atoms with Crippen molar-refractivity contribution < 1.29 is 13.7 Å². The van der Waals surface area contributed by atoms with Crippen molar-refractivity contribution in [2.24, 2.45) is 0 Å². The van der Waals surface area contributed by atoms with E-state index in [0.717, 1.165) is 22.6 Å². The third-order valence-electron chi connectivity index (χ3n) is 2.80. The highest BCUT2D eigenvalue weighted by Gasteiger charge is 2.20. The van der Waals surface area contributed by atoms with Crippen molar-refractivity contribution in [1.29, 1.82) is 0 Å². The molecular formula is C14H18O3S. The quantitative estimate of drug-likeness (QED) is 0.840. The highest BCUT2D eigenvalue weighted by atomic mass is 32.2. The van der Waals surface area contributed by atoms with E-state index in [9.17, 15) is 4.21 Å². The SMILES string of the molecule is CCO[C@@H]1CCC(S(=O)c2ccc(C)cc2)=CO1. The summed E-state index contributed by atoms with van der Waals surface area (Å²) in [6.45, 7) is 4.59. The zero-order chi connectivity index (χ0) is 13.0. The molecule has 0 fully saturated rings. The van der Waals surface area contributed by atoms with Gasteiger partial charge < -0.3 is 9.47 Å². The molecule has 1 heterocycles. The number of ether oxygens (including phenoxy) is 2. The molecule has 2 rings (SSSR count). The Morgan fingerprint density at radius 3 is 2.67 bits per heavy atom. The molecule has 0 spiro atoms. The summed E-state index contributed by atoms with van der Waals surface area (Å²) >= 11 is 0. The Kier molecular flexibility index (Phi) is 4.55. The van der Waals surface area contributed by atoms with Crippen LogP contribution in [0.2, 0.25) is 0 Å². The van der Waals surface area contributed by atoms with E-state index < -0.39 is 10.8 Å². The number of rotatable bonds is 4. The minimum absolute atomic E-state index is 0.186. The predicted molar refractivity (Wildman–Crippen MR) is 71.4 cm³/mol. The van der Waals surface area contributed by atoms with Gasteiger partial charge >= 0.3 is 0 Å². The van der Waals surface area contributed by atoms with E-state index >= 15 is 0 Å². The number of hydrogen-bond donors (Lipinski definition) is 0. The first-order valence-corrected chi connectivity index (χ1v) is 7.30. The topological polar surface area (TPSA) is 35.5 Å². The van der Waals surface area contributed by atoms with E-state index in [-0.39, 0.29) is 6.29 Å². The number of benzene rings is 1. The van der Waals surface area contributed by atoms with Gasteiger partial charge in [0.1, 0.15) is 0 Å². The lowest BCUT2D eigenvalue weighted by Gasteiger charge is -2.22. The zero-order valence-electron chi connectivity index (χ0n) is 10.7. The molecule has 0 N–H and O–H groups in total. The molecule has 0 aromatic heterocycles. The maximum Gasteiger partial charge on any atom is 0.199 e. The van der Waals surface area contributed by atoms with Crippen molar-refractivity contribution in [3.63, 3.8) is 0 Å². The van der Waals surface area contributed by atoms with E-state index in [4.69, 9.17) is 9.47 Å². The fourth-order valence-electron chi connectivity index (χ4n) is 1.80. The Morgan fingerprint density at radius 2 is 2.11 bits per heavy atom. The molecule has 1 aliphatic heterocycles. The summed E-state index contributed by atoms with van der Waals surface area (Å²) in [5.74, 6) is 0. The summed E-state index contributed by atoms with van der Waals surface area (Å²) in [5, 5.41) is 0. The van der Waals surface area contributed by atoms with Crippen LogP contribution in [0.5, 0.6) is 0 Å². The first-order valence-electron chi connectivity index (χ1n) is 6.15. The van der Waals surface area contributed by atoms with Crippen LogP contribution in [0.3, 0.4) is 0 Å². The van der Waals surface area contributed by atoms with E-state index in [1.165, 1.54) is 5.56 Å². The lowest BCUT2D eigenvalue weighted by atomic mass is 10.2. The first-order chi connectivity index (χ1) is 8.70. The fourth-order valence-corrected chi connectivity index (χ4v) is 2.93. The van der Waals surface area contributed by atoms with Crippen molar-refractivity contribution in [2.45, 2.75) is 37.9 Å². The summed E-state index contributed by atoms with van der Waals surface area (Å²) in [4.78, 5) is 1.65. The number of hydrogen-bond acceptors (Lipinski definition) is 3. The average molecular weight is 266 g/mol. The van der Waals surface area contributed by atoms with Crippen LogP contribution in [0.4, 0.5) is 0 Å².